The number of aromatic amines is 1. The predicted octanol–water partition coefficient (Wildman–Crippen LogP) is 2.64. The number of amides is 1. The van der Waals surface area contributed by atoms with Gasteiger partial charge in [-0.3, -0.25) is 9.59 Å². The summed E-state index contributed by atoms with van der Waals surface area (Å²) in [5, 5.41) is 3.70. The topological polar surface area (TPSA) is 84.1 Å². The van der Waals surface area contributed by atoms with Crippen LogP contribution in [0.1, 0.15) is 29.9 Å². The molecule has 6 nitrogen and oxygen atoms in total. The van der Waals surface area contributed by atoms with Crippen molar-refractivity contribution in [1.82, 2.24) is 15.3 Å². The lowest BCUT2D eigenvalue weighted by Crippen LogP contribution is -2.25. The summed E-state index contributed by atoms with van der Waals surface area (Å²) in [4.78, 5) is 31.1. The number of para-hydroxylation sites is 1. The number of ether oxygens (including phenoxy) is 1. The summed E-state index contributed by atoms with van der Waals surface area (Å²) in [5.41, 5.74) is 1.56. The molecule has 0 saturated heterocycles. The Hall–Kier alpha value is -3.15. The minimum Gasteiger partial charge on any atom is -0.475 e. The summed E-state index contributed by atoms with van der Waals surface area (Å²) in [6.07, 6.45) is -0.0202. The van der Waals surface area contributed by atoms with Crippen LogP contribution in [-0.2, 0) is 6.54 Å². The fourth-order valence-corrected chi connectivity index (χ4v) is 2.54. The molecule has 0 aliphatic rings. The maximum Gasteiger partial charge on any atom is 0.270 e. The van der Waals surface area contributed by atoms with Crippen molar-refractivity contribution in [2.45, 2.75) is 26.5 Å². The number of nitrogens with one attached hydrogen (secondary N) is 2. The largest absolute Gasteiger partial charge is 0.475 e. The molecule has 0 aliphatic heterocycles. The lowest BCUT2D eigenvalue weighted by Gasteiger charge is -2.10. The second kappa shape index (κ2) is 7.17. The number of pyridine rings is 2. The van der Waals surface area contributed by atoms with E-state index in [1.54, 1.807) is 18.2 Å². The first kappa shape index (κ1) is 16.7. The number of nitrogens with zero attached hydrogens (tertiary/aromatic N) is 1. The molecular weight excluding hydrogens is 318 g/mol. The van der Waals surface area contributed by atoms with E-state index in [0.29, 0.717) is 5.88 Å². The minimum atomic E-state index is -0.321. The zero-order valence-electron chi connectivity index (χ0n) is 14.1. The third kappa shape index (κ3) is 4.03. The molecule has 128 valence electrons. The number of fused-ring (bicyclic) bond motifs is 1. The molecule has 3 rings (SSSR count). The van der Waals surface area contributed by atoms with E-state index in [1.165, 1.54) is 6.07 Å². The van der Waals surface area contributed by atoms with Gasteiger partial charge in [0, 0.05) is 29.6 Å². The van der Waals surface area contributed by atoms with E-state index in [1.807, 2.05) is 38.1 Å². The van der Waals surface area contributed by atoms with Crippen LogP contribution in [0, 0.1) is 0 Å². The number of hydrogen-bond donors (Lipinski definition) is 2. The molecule has 0 aliphatic carbocycles. The lowest BCUT2D eigenvalue weighted by atomic mass is 10.1. The van der Waals surface area contributed by atoms with Crippen molar-refractivity contribution in [2.75, 3.05) is 0 Å². The van der Waals surface area contributed by atoms with Crippen LogP contribution in [0.4, 0.5) is 0 Å². The van der Waals surface area contributed by atoms with Gasteiger partial charge in [-0.25, -0.2) is 4.98 Å². The molecule has 0 radical (unpaired) electrons. The van der Waals surface area contributed by atoms with Crippen molar-refractivity contribution in [3.63, 3.8) is 0 Å². The summed E-state index contributed by atoms with van der Waals surface area (Å²) >= 11 is 0. The number of aromatic nitrogens is 2. The van der Waals surface area contributed by atoms with Crippen molar-refractivity contribution < 1.29 is 9.53 Å². The van der Waals surface area contributed by atoms with E-state index in [4.69, 9.17) is 4.74 Å². The highest BCUT2D eigenvalue weighted by atomic mass is 16.5. The number of hydrogen-bond acceptors (Lipinski definition) is 4. The molecule has 0 fully saturated rings. The molecule has 2 N–H and O–H groups in total. The van der Waals surface area contributed by atoms with Gasteiger partial charge in [0.2, 0.25) is 11.4 Å². The molecular formula is C19H19N3O3. The van der Waals surface area contributed by atoms with Gasteiger partial charge in [-0.1, -0.05) is 24.3 Å². The van der Waals surface area contributed by atoms with E-state index in [0.717, 1.165) is 16.5 Å². The molecule has 0 spiro atoms. The maximum atomic E-state index is 12.4. The summed E-state index contributed by atoms with van der Waals surface area (Å²) in [7, 11) is 0. The van der Waals surface area contributed by atoms with E-state index < -0.39 is 0 Å². The highest BCUT2D eigenvalue weighted by Gasteiger charge is 2.10. The minimum absolute atomic E-state index is 0.0202. The van der Waals surface area contributed by atoms with Gasteiger partial charge in [-0.05, 0) is 31.5 Å². The third-order valence-electron chi connectivity index (χ3n) is 3.59. The second-order valence-electron chi connectivity index (χ2n) is 5.91. The first-order valence-electron chi connectivity index (χ1n) is 8.06. The Morgan fingerprint density at radius 1 is 1.20 bits per heavy atom. The van der Waals surface area contributed by atoms with Crippen molar-refractivity contribution in [1.29, 1.82) is 0 Å². The molecule has 3 aromatic rings. The van der Waals surface area contributed by atoms with Gasteiger partial charge in [0.25, 0.3) is 5.91 Å². The summed E-state index contributed by atoms with van der Waals surface area (Å²) < 4.78 is 5.50. The SMILES string of the molecule is CC(C)Oc1cccc(C(=O)NCc2cc(=O)[nH]c3ccccc23)n1. The van der Waals surface area contributed by atoms with Crippen LogP contribution in [0.15, 0.2) is 53.3 Å². The molecule has 0 atom stereocenters. The smallest absolute Gasteiger partial charge is 0.270 e. The Morgan fingerprint density at radius 2 is 2.00 bits per heavy atom. The fourth-order valence-electron chi connectivity index (χ4n) is 2.54. The second-order valence-corrected chi connectivity index (χ2v) is 5.91. The van der Waals surface area contributed by atoms with Crippen molar-refractivity contribution >= 4 is 16.8 Å². The van der Waals surface area contributed by atoms with Gasteiger partial charge < -0.3 is 15.0 Å². The first-order chi connectivity index (χ1) is 12.0. The van der Waals surface area contributed by atoms with Crippen LogP contribution < -0.4 is 15.6 Å². The van der Waals surface area contributed by atoms with E-state index in [2.05, 4.69) is 15.3 Å². The van der Waals surface area contributed by atoms with Gasteiger partial charge in [0.05, 0.1) is 6.10 Å². The van der Waals surface area contributed by atoms with E-state index in [9.17, 15) is 9.59 Å². The van der Waals surface area contributed by atoms with Crippen LogP contribution in [0.2, 0.25) is 0 Å². The summed E-state index contributed by atoms with van der Waals surface area (Å²) in [6, 6.07) is 14.0. The highest BCUT2D eigenvalue weighted by Crippen LogP contribution is 2.15. The normalized spacial score (nSPS) is 10.8. The lowest BCUT2D eigenvalue weighted by molar-refractivity contribution is 0.0944. The summed E-state index contributed by atoms with van der Waals surface area (Å²) in [5.74, 6) is 0.0859. The van der Waals surface area contributed by atoms with Gasteiger partial charge in [0.1, 0.15) is 5.69 Å². The molecule has 0 saturated carbocycles. The van der Waals surface area contributed by atoms with Gasteiger partial charge in [-0.2, -0.15) is 0 Å². The van der Waals surface area contributed by atoms with Crippen LogP contribution in [0.3, 0.4) is 0 Å². The fraction of sp³-hybridized carbons (Fsp3) is 0.211. The summed E-state index contributed by atoms with van der Waals surface area (Å²) in [6.45, 7) is 4.03. The van der Waals surface area contributed by atoms with Crippen LogP contribution in [0.5, 0.6) is 5.88 Å². The van der Waals surface area contributed by atoms with E-state index in [-0.39, 0.29) is 29.8 Å². The monoisotopic (exact) mass is 337 g/mol. The highest BCUT2D eigenvalue weighted by molar-refractivity contribution is 5.92. The number of rotatable bonds is 5. The Bertz CT molecular complexity index is 963. The Balaban J connectivity index is 1.78. The van der Waals surface area contributed by atoms with Crippen LogP contribution in [-0.4, -0.2) is 22.0 Å². The maximum absolute atomic E-state index is 12.4. The number of carbonyl (C=O) groups excluding carboxylic acids is 1. The molecule has 0 bridgehead atoms. The van der Waals surface area contributed by atoms with Crippen molar-refractivity contribution in [3.05, 3.63) is 70.1 Å². The van der Waals surface area contributed by atoms with E-state index >= 15 is 0 Å². The van der Waals surface area contributed by atoms with Gasteiger partial charge in [-0.15, -0.1) is 0 Å². The number of H-pyrrole nitrogens is 1. The van der Waals surface area contributed by atoms with Crippen LogP contribution in [0.25, 0.3) is 10.9 Å². The van der Waals surface area contributed by atoms with Gasteiger partial charge in [0.15, 0.2) is 0 Å². The molecule has 25 heavy (non-hydrogen) atoms. The predicted molar refractivity (Wildman–Crippen MR) is 95.7 cm³/mol. The van der Waals surface area contributed by atoms with Crippen molar-refractivity contribution in [3.8, 4) is 5.88 Å². The van der Waals surface area contributed by atoms with Gasteiger partial charge >= 0.3 is 0 Å². The molecule has 1 amide bonds. The number of benzene rings is 1. The van der Waals surface area contributed by atoms with Crippen molar-refractivity contribution in [2.24, 2.45) is 0 Å². The zero-order valence-corrected chi connectivity index (χ0v) is 14.1. The zero-order chi connectivity index (χ0) is 17.8. The Kier molecular flexibility index (Phi) is 4.79. The molecule has 2 heterocycles. The molecule has 1 aromatic carbocycles. The Morgan fingerprint density at radius 3 is 2.80 bits per heavy atom. The molecule has 6 heteroatoms. The average molecular weight is 337 g/mol. The third-order valence-corrected chi connectivity index (χ3v) is 3.59. The number of carbonyl (C=O) groups is 1. The van der Waals surface area contributed by atoms with Crippen LogP contribution >= 0.6 is 0 Å². The average Bonchev–Trinajstić information content (AvgIpc) is 2.59. The standard InChI is InChI=1S/C19H19N3O3/c1-12(2)25-18-9-5-8-16(22-18)19(24)20-11-13-10-17(23)21-15-7-4-3-6-14(13)15/h3-10,12H,11H2,1-2H3,(H,20,24)(H,21,23). The Labute approximate surface area is 144 Å². The molecule has 2 aromatic heterocycles. The quantitative estimate of drug-likeness (QED) is 0.749. The first-order valence-corrected chi connectivity index (χ1v) is 8.06. The molecule has 0 unspecified atom stereocenters.